The Morgan fingerprint density at radius 1 is 1.90 bits per heavy atom. The average molecular weight is 142 g/mol. The zero-order valence-corrected chi connectivity index (χ0v) is 5.83. The maximum absolute atomic E-state index is 10.9. The number of hydrogen-bond donors (Lipinski definition) is 1. The fraction of sp³-hybridized carbons (Fsp3) is 0.571. The molecule has 1 N–H and O–H groups in total. The van der Waals surface area contributed by atoms with Gasteiger partial charge in [-0.3, -0.25) is 4.79 Å². The van der Waals surface area contributed by atoms with Crippen LogP contribution >= 0.6 is 0 Å². The van der Waals surface area contributed by atoms with E-state index in [4.69, 9.17) is 5.11 Å². The molecular formula is C7H10O3. The van der Waals surface area contributed by atoms with Crippen molar-refractivity contribution >= 4 is 5.97 Å². The van der Waals surface area contributed by atoms with Crippen molar-refractivity contribution in [2.24, 2.45) is 5.41 Å². The smallest absolute Gasteiger partial charge is 0.318 e. The summed E-state index contributed by atoms with van der Waals surface area (Å²) in [6.07, 6.45) is 4.11. The van der Waals surface area contributed by atoms with Gasteiger partial charge in [0.2, 0.25) is 0 Å². The Kier molecular flexibility index (Phi) is 1.76. The summed E-state index contributed by atoms with van der Waals surface area (Å²) in [5, 5.41) is 8.79. The second kappa shape index (κ2) is 2.42. The highest BCUT2D eigenvalue weighted by molar-refractivity contribution is 5.81. The molecule has 56 valence electrons. The number of allylic oxidation sites excluding steroid dienone is 1. The van der Waals surface area contributed by atoms with Crippen LogP contribution in [0, 0.1) is 5.41 Å². The van der Waals surface area contributed by atoms with Crippen molar-refractivity contribution in [1.29, 1.82) is 0 Å². The van der Waals surface area contributed by atoms with Crippen LogP contribution in [0.15, 0.2) is 12.2 Å². The van der Waals surface area contributed by atoms with Gasteiger partial charge < -0.3 is 9.84 Å². The summed E-state index contributed by atoms with van der Waals surface area (Å²) < 4.78 is 4.50. The van der Waals surface area contributed by atoms with Gasteiger partial charge >= 0.3 is 5.97 Å². The van der Waals surface area contributed by atoms with Gasteiger partial charge in [0.15, 0.2) is 0 Å². The highest BCUT2D eigenvalue weighted by Gasteiger charge is 2.39. The number of carbonyl (C=O) groups is 1. The minimum atomic E-state index is -0.714. The van der Waals surface area contributed by atoms with Crippen LogP contribution in [0.4, 0.5) is 0 Å². The van der Waals surface area contributed by atoms with Crippen LogP contribution in [0.2, 0.25) is 0 Å². The molecule has 1 aliphatic carbocycles. The molecule has 3 heteroatoms. The molecule has 0 saturated carbocycles. The van der Waals surface area contributed by atoms with Gasteiger partial charge in [-0.15, -0.1) is 0 Å². The molecule has 0 fully saturated rings. The lowest BCUT2D eigenvalue weighted by molar-refractivity contribution is -0.152. The van der Waals surface area contributed by atoms with Crippen molar-refractivity contribution in [3.8, 4) is 0 Å². The Morgan fingerprint density at radius 2 is 2.50 bits per heavy atom. The fourth-order valence-corrected chi connectivity index (χ4v) is 0.939. The standard InChI is InChI=1S/C7H10O3/c1-10-6(9)7(5-8)3-2-4-7/h2-3,8H,4-5H2,1H3. The molecule has 0 aromatic carbocycles. The second-order valence-corrected chi connectivity index (χ2v) is 2.41. The van der Waals surface area contributed by atoms with Crippen LogP contribution in [-0.4, -0.2) is 24.8 Å². The molecular weight excluding hydrogens is 132 g/mol. The molecule has 1 rings (SSSR count). The van der Waals surface area contributed by atoms with E-state index < -0.39 is 5.41 Å². The molecule has 0 aromatic heterocycles. The van der Waals surface area contributed by atoms with Gasteiger partial charge in [-0.05, 0) is 6.42 Å². The summed E-state index contributed by atoms with van der Waals surface area (Å²) in [5.41, 5.74) is -0.714. The molecule has 3 nitrogen and oxygen atoms in total. The van der Waals surface area contributed by atoms with E-state index in [1.54, 1.807) is 6.08 Å². The SMILES string of the molecule is COC(=O)C1(CO)C=CC1. The van der Waals surface area contributed by atoms with E-state index in [0.717, 1.165) is 0 Å². The number of hydrogen-bond acceptors (Lipinski definition) is 3. The van der Waals surface area contributed by atoms with Crippen molar-refractivity contribution in [3.05, 3.63) is 12.2 Å². The van der Waals surface area contributed by atoms with Gasteiger partial charge in [0.05, 0.1) is 13.7 Å². The largest absolute Gasteiger partial charge is 0.468 e. The van der Waals surface area contributed by atoms with E-state index in [-0.39, 0.29) is 12.6 Å². The molecule has 0 bridgehead atoms. The van der Waals surface area contributed by atoms with Crippen molar-refractivity contribution in [1.82, 2.24) is 0 Å². The normalized spacial score (nSPS) is 29.4. The van der Waals surface area contributed by atoms with E-state index in [9.17, 15) is 4.79 Å². The summed E-state index contributed by atoms with van der Waals surface area (Å²) in [6, 6.07) is 0. The van der Waals surface area contributed by atoms with E-state index >= 15 is 0 Å². The van der Waals surface area contributed by atoms with Gasteiger partial charge in [-0.25, -0.2) is 0 Å². The summed E-state index contributed by atoms with van der Waals surface area (Å²) in [6.45, 7) is -0.157. The van der Waals surface area contributed by atoms with Crippen molar-refractivity contribution in [2.45, 2.75) is 6.42 Å². The van der Waals surface area contributed by atoms with E-state index in [2.05, 4.69) is 4.74 Å². The zero-order chi connectivity index (χ0) is 7.61. The minimum absolute atomic E-state index is 0.157. The van der Waals surface area contributed by atoms with Gasteiger partial charge in [0, 0.05) is 0 Å². The lowest BCUT2D eigenvalue weighted by Gasteiger charge is -2.29. The first-order valence-corrected chi connectivity index (χ1v) is 3.12. The molecule has 1 atom stereocenters. The van der Waals surface area contributed by atoms with Gasteiger partial charge in [0.25, 0.3) is 0 Å². The Bertz CT molecular complexity index is 174. The van der Waals surface area contributed by atoms with Crippen molar-refractivity contribution in [2.75, 3.05) is 13.7 Å². The van der Waals surface area contributed by atoms with Crippen LogP contribution in [0.25, 0.3) is 0 Å². The Morgan fingerprint density at radius 3 is 2.60 bits per heavy atom. The number of carbonyl (C=O) groups excluding carboxylic acids is 1. The monoisotopic (exact) mass is 142 g/mol. The number of aliphatic hydroxyl groups excluding tert-OH is 1. The third-order valence-electron chi connectivity index (χ3n) is 1.79. The van der Waals surface area contributed by atoms with Crippen molar-refractivity contribution < 1.29 is 14.6 Å². The Labute approximate surface area is 59.3 Å². The maximum atomic E-state index is 10.9. The minimum Gasteiger partial charge on any atom is -0.468 e. The van der Waals surface area contributed by atoms with E-state index in [1.165, 1.54) is 7.11 Å². The molecule has 0 saturated heterocycles. The summed E-state index contributed by atoms with van der Waals surface area (Å²) in [5.74, 6) is -0.350. The van der Waals surface area contributed by atoms with Crippen LogP contribution in [0.1, 0.15) is 6.42 Å². The first kappa shape index (κ1) is 7.28. The topological polar surface area (TPSA) is 46.5 Å². The molecule has 0 aliphatic heterocycles. The number of aliphatic hydroxyl groups is 1. The van der Waals surface area contributed by atoms with Crippen LogP contribution in [0.3, 0.4) is 0 Å². The van der Waals surface area contributed by atoms with Gasteiger partial charge in [-0.1, -0.05) is 12.2 Å². The lowest BCUT2D eigenvalue weighted by Crippen LogP contribution is -2.37. The van der Waals surface area contributed by atoms with Crippen LogP contribution in [0.5, 0.6) is 0 Å². The number of methoxy groups -OCH3 is 1. The van der Waals surface area contributed by atoms with E-state index in [1.807, 2.05) is 6.08 Å². The number of rotatable bonds is 2. The first-order chi connectivity index (χ1) is 4.75. The molecule has 0 spiro atoms. The van der Waals surface area contributed by atoms with Crippen molar-refractivity contribution in [3.63, 3.8) is 0 Å². The number of esters is 1. The first-order valence-electron chi connectivity index (χ1n) is 3.12. The average Bonchev–Trinajstić information content (AvgIpc) is 1.86. The molecule has 0 aromatic rings. The highest BCUT2D eigenvalue weighted by Crippen LogP contribution is 2.33. The Hall–Kier alpha value is -0.830. The predicted octanol–water partition coefficient (Wildman–Crippen LogP) is 0.0980. The maximum Gasteiger partial charge on any atom is 0.318 e. The number of ether oxygens (including phenoxy) is 1. The van der Waals surface area contributed by atoms with Crippen LogP contribution in [-0.2, 0) is 9.53 Å². The van der Waals surface area contributed by atoms with Crippen LogP contribution < -0.4 is 0 Å². The third kappa shape index (κ3) is 0.827. The summed E-state index contributed by atoms with van der Waals surface area (Å²) >= 11 is 0. The van der Waals surface area contributed by atoms with E-state index in [0.29, 0.717) is 6.42 Å². The van der Waals surface area contributed by atoms with Gasteiger partial charge in [-0.2, -0.15) is 0 Å². The summed E-state index contributed by atoms with van der Waals surface area (Å²) in [7, 11) is 1.33. The molecule has 1 aliphatic rings. The fourth-order valence-electron chi connectivity index (χ4n) is 0.939. The Balaban J connectivity index is 2.66. The second-order valence-electron chi connectivity index (χ2n) is 2.41. The summed E-state index contributed by atoms with van der Waals surface area (Å²) in [4.78, 5) is 10.9. The van der Waals surface area contributed by atoms with Gasteiger partial charge in [0.1, 0.15) is 5.41 Å². The lowest BCUT2D eigenvalue weighted by atomic mass is 9.77. The molecule has 0 amide bonds. The highest BCUT2D eigenvalue weighted by atomic mass is 16.5. The molecule has 0 radical (unpaired) electrons. The molecule has 1 unspecified atom stereocenters. The predicted molar refractivity (Wildman–Crippen MR) is 35.3 cm³/mol. The molecule has 10 heavy (non-hydrogen) atoms. The quantitative estimate of drug-likeness (QED) is 0.439. The zero-order valence-electron chi connectivity index (χ0n) is 5.83. The third-order valence-corrected chi connectivity index (χ3v) is 1.79. The molecule has 0 heterocycles.